The average molecular weight is 270 g/mol. The second-order valence-electron chi connectivity index (χ2n) is 5.05. The van der Waals surface area contributed by atoms with E-state index >= 15 is 0 Å². The van der Waals surface area contributed by atoms with Crippen LogP contribution in [-0.2, 0) is 4.74 Å². The van der Waals surface area contributed by atoms with Crippen LogP contribution in [0.4, 0.5) is 8.78 Å². The normalized spacial score (nSPS) is 23.4. The van der Waals surface area contributed by atoms with Crippen LogP contribution in [-0.4, -0.2) is 19.3 Å². The quantitative estimate of drug-likeness (QED) is 0.822. The van der Waals surface area contributed by atoms with Gasteiger partial charge in [0.2, 0.25) is 5.82 Å². The Hall–Kier alpha value is -1.16. The largest absolute Gasteiger partial charge is 0.490 e. The third kappa shape index (κ3) is 3.24. The van der Waals surface area contributed by atoms with Crippen molar-refractivity contribution in [3.05, 3.63) is 29.3 Å². The lowest BCUT2D eigenvalue weighted by Crippen LogP contribution is -2.23. The number of rotatable bonds is 4. The van der Waals surface area contributed by atoms with Crippen LogP contribution in [0.2, 0.25) is 0 Å². The number of hydrogen-bond acceptors (Lipinski definition) is 2. The third-order valence-electron chi connectivity index (χ3n) is 3.48. The summed E-state index contributed by atoms with van der Waals surface area (Å²) >= 11 is 0. The highest BCUT2D eigenvalue weighted by Crippen LogP contribution is 2.33. The summed E-state index contributed by atoms with van der Waals surface area (Å²) in [6, 6.07) is 3.13. The van der Waals surface area contributed by atoms with Gasteiger partial charge in [-0.2, -0.15) is 4.39 Å². The Balaban J connectivity index is 2.16. The second kappa shape index (κ2) is 6.33. The van der Waals surface area contributed by atoms with Crippen molar-refractivity contribution in [1.29, 1.82) is 0 Å². The van der Waals surface area contributed by atoms with Crippen LogP contribution in [0.25, 0.3) is 0 Å². The molecule has 2 unspecified atom stereocenters. The molecule has 4 heteroatoms. The molecular formula is C15H20F2O2. The molecule has 19 heavy (non-hydrogen) atoms. The molecule has 1 heterocycles. The van der Waals surface area contributed by atoms with Gasteiger partial charge in [-0.05, 0) is 37.8 Å². The molecule has 1 saturated heterocycles. The molecule has 0 bridgehead atoms. The van der Waals surface area contributed by atoms with E-state index in [1.807, 2.05) is 13.8 Å². The molecule has 1 aliphatic rings. The topological polar surface area (TPSA) is 18.5 Å². The summed E-state index contributed by atoms with van der Waals surface area (Å²) in [6.07, 6.45) is 2.67. The summed E-state index contributed by atoms with van der Waals surface area (Å²) in [5.41, 5.74) is 0.397. The highest BCUT2D eigenvalue weighted by atomic mass is 19.2. The van der Waals surface area contributed by atoms with Gasteiger partial charge >= 0.3 is 0 Å². The SMILES string of the molecule is CCCOc1ccc(C2CCC(C)OC2)c(F)c1F. The molecule has 0 saturated carbocycles. The Morgan fingerprint density at radius 1 is 1.26 bits per heavy atom. The van der Waals surface area contributed by atoms with E-state index in [4.69, 9.17) is 9.47 Å². The predicted octanol–water partition coefficient (Wildman–Crippen LogP) is 4.04. The fourth-order valence-electron chi connectivity index (χ4n) is 2.31. The molecule has 0 N–H and O–H groups in total. The zero-order valence-corrected chi connectivity index (χ0v) is 11.4. The number of ether oxygens (including phenoxy) is 2. The Labute approximate surface area is 112 Å². The van der Waals surface area contributed by atoms with Crippen molar-refractivity contribution < 1.29 is 18.3 Å². The standard InChI is InChI=1S/C15H20F2O2/c1-3-8-18-13-7-6-12(14(16)15(13)17)11-5-4-10(2)19-9-11/h6-7,10-11H,3-5,8-9H2,1-2H3. The van der Waals surface area contributed by atoms with Crippen molar-refractivity contribution in [2.75, 3.05) is 13.2 Å². The Bertz CT molecular complexity index is 426. The van der Waals surface area contributed by atoms with E-state index in [0.717, 1.165) is 19.3 Å². The zero-order valence-electron chi connectivity index (χ0n) is 11.4. The van der Waals surface area contributed by atoms with Gasteiger partial charge in [-0.25, -0.2) is 4.39 Å². The van der Waals surface area contributed by atoms with Crippen LogP contribution >= 0.6 is 0 Å². The van der Waals surface area contributed by atoms with Gasteiger partial charge in [0.1, 0.15) is 0 Å². The van der Waals surface area contributed by atoms with Crippen LogP contribution < -0.4 is 4.74 Å². The van der Waals surface area contributed by atoms with Crippen LogP contribution in [0.1, 0.15) is 44.6 Å². The van der Waals surface area contributed by atoms with Crippen molar-refractivity contribution in [2.24, 2.45) is 0 Å². The van der Waals surface area contributed by atoms with Crippen molar-refractivity contribution in [2.45, 2.75) is 45.1 Å². The summed E-state index contributed by atoms with van der Waals surface area (Å²) in [6.45, 7) is 4.75. The molecule has 0 aromatic heterocycles. The van der Waals surface area contributed by atoms with Gasteiger partial charge in [-0.3, -0.25) is 0 Å². The van der Waals surface area contributed by atoms with E-state index in [1.54, 1.807) is 6.07 Å². The highest BCUT2D eigenvalue weighted by Gasteiger charge is 2.25. The number of halogens is 2. The van der Waals surface area contributed by atoms with Gasteiger partial charge in [0, 0.05) is 5.92 Å². The number of hydrogen-bond donors (Lipinski definition) is 0. The van der Waals surface area contributed by atoms with E-state index in [2.05, 4.69) is 0 Å². The minimum Gasteiger partial charge on any atom is -0.490 e. The molecule has 2 atom stereocenters. The van der Waals surface area contributed by atoms with Gasteiger partial charge in [-0.15, -0.1) is 0 Å². The molecule has 0 radical (unpaired) electrons. The summed E-state index contributed by atoms with van der Waals surface area (Å²) in [5.74, 6) is -1.75. The fraction of sp³-hybridized carbons (Fsp3) is 0.600. The summed E-state index contributed by atoms with van der Waals surface area (Å²) in [7, 11) is 0. The molecule has 2 nitrogen and oxygen atoms in total. The smallest absolute Gasteiger partial charge is 0.200 e. The van der Waals surface area contributed by atoms with E-state index < -0.39 is 11.6 Å². The molecule has 1 aromatic carbocycles. The second-order valence-corrected chi connectivity index (χ2v) is 5.05. The first kappa shape index (κ1) is 14.3. The van der Waals surface area contributed by atoms with Crippen molar-refractivity contribution >= 4 is 0 Å². The molecule has 1 aliphatic heterocycles. The van der Waals surface area contributed by atoms with E-state index in [-0.39, 0.29) is 17.8 Å². The van der Waals surface area contributed by atoms with Gasteiger partial charge in [0.15, 0.2) is 11.6 Å². The first-order chi connectivity index (χ1) is 9.13. The Morgan fingerprint density at radius 2 is 2.05 bits per heavy atom. The van der Waals surface area contributed by atoms with Gasteiger partial charge in [0.05, 0.1) is 19.3 Å². The minimum atomic E-state index is -0.885. The van der Waals surface area contributed by atoms with Crippen LogP contribution in [0.3, 0.4) is 0 Å². The molecule has 1 fully saturated rings. The summed E-state index contributed by atoms with van der Waals surface area (Å²) in [4.78, 5) is 0. The van der Waals surface area contributed by atoms with E-state index in [9.17, 15) is 8.78 Å². The molecule has 0 aliphatic carbocycles. The summed E-state index contributed by atoms with van der Waals surface area (Å²) < 4.78 is 38.6. The molecular weight excluding hydrogens is 250 g/mol. The molecule has 106 valence electrons. The minimum absolute atomic E-state index is 0.00630. The zero-order chi connectivity index (χ0) is 13.8. The predicted molar refractivity (Wildman–Crippen MR) is 69.5 cm³/mol. The maximum Gasteiger partial charge on any atom is 0.200 e. The van der Waals surface area contributed by atoms with Gasteiger partial charge < -0.3 is 9.47 Å². The van der Waals surface area contributed by atoms with E-state index in [1.165, 1.54) is 6.07 Å². The van der Waals surface area contributed by atoms with Crippen LogP contribution in [0, 0.1) is 11.6 Å². The van der Waals surface area contributed by atoms with Crippen LogP contribution in [0.15, 0.2) is 12.1 Å². The maximum absolute atomic E-state index is 14.1. The molecule has 0 spiro atoms. The average Bonchev–Trinajstić information content (AvgIpc) is 2.42. The summed E-state index contributed by atoms with van der Waals surface area (Å²) in [5, 5.41) is 0. The van der Waals surface area contributed by atoms with Crippen molar-refractivity contribution in [3.63, 3.8) is 0 Å². The lowest BCUT2D eigenvalue weighted by Gasteiger charge is -2.27. The third-order valence-corrected chi connectivity index (χ3v) is 3.48. The first-order valence-corrected chi connectivity index (χ1v) is 6.85. The lowest BCUT2D eigenvalue weighted by molar-refractivity contribution is 0.0146. The monoisotopic (exact) mass is 270 g/mol. The first-order valence-electron chi connectivity index (χ1n) is 6.85. The molecule has 1 aromatic rings. The Kier molecular flexibility index (Phi) is 4.75. The van der Waals surface area contributed by atoms with Crippen molar-refractivity contribution in [1.82, 2.24) is 0 Å². The fourth-order valence-corrected chi connectivity index (χ4v) is 2.31. The maximum atomic E-state index is 14.1. The van der Waals surface area contributed by atoms with Crippen molar-refractivity contribution in [3.8, 4) is 5.75 Å². The number of benzene rings is 1. The molecule has 2 rings (SSSR count). The van der Waals surface area contributed by atoms with Crippen LogP contribution in [0.5, 0.6) is 5.75 Å². The highest BCUT2D eigenvalue weighted by molar-refractivity contribution is 5.33. The van der Waals surface area contributed by atoms with E-state index in [0.29, 0.717) is 18.8 Å². The van der Waals surface area contributed by atoms with Gasteiger partial charge in [-0.1, -0.05) is 13.0 Å². The van der Waals surface area contributed by atoms with Gasteiger partial charge in [0.25, 0.3) is 0 Å². The molecule has 0 amide bonds. The Morgan fingerprint density at radius 3 is 2.68 bits per heavy atom. The lowest BCUT2D eigenvalue weighted by atomic mass is 9.91.